The first-order valence-electron chi connectivity index (χ1n) is 12.1. The van der Waals surface area contributed by atoms with Crippen molar-refractivity contribution in [3.63, 3.8) is 0 Å². The highest BCUT2D eigenvalue weighted by Crippen LogP contribution is 2.61. The van der Waals surface area contributed by atoms with Crippen LogP contribution in [0.4, 0.5) is 5.69 Å². The van der Waals surface area contributed by atoms with Crippen LogP contribution in [0.3, 0.4) is 0 Å². The summed E-state index contributed by atoms with van der Waals surface area (Å²) in [6, 6.07) is 22.3. The van der Waals surface area contributed by atoms with Crippen molar-refractivity contribution in [2.24, 2.45) is 11.8 Å². The van der Waals surface area contributed by atoms with Gasteiger partial charge in [-0.05, 0) is 64.9 Å². The maximum atomic E-state index is 14.1. The fraction of sp³-hybridized carbons (Fsp3) is 0.276. The summed E-state index contributed by atoms with van der Waals surface area (Å²) in [5.74, 6) is -1.53. The van der Waals surface area contributed by atoms with E-state index in [1.54, 1.807) is 36.0 Å². The molecular formula is C29H25ClN2O3S. The molecule has 0 aromatic heterocycles. The van der Waals surface area contributed by atoms with Crippen LogP contribution in [-0.4, -0.2) is 40.7 Å². The number of rotatable bonds is 6. The molecule has 1 saturated heterocycles. The summed E-state index contributed by atoms with van der Waals surface area (Å²) < 4.78 is 0. The quantitative estimate of drug-likeness (QED) is 0.452. The number of anilines is 1. The van der Waals surface area contributed by atoms with Crippen molar-refractivity contribution in [1.82, 2.24) is 4.90 Å². The molecule has 36 heavy (non-hydrogen) atoms. The second kappa shape index (κ2) is 9.09. The maximum absolute atomic E-state index is 14.1. The lowest BCUT2D eigenvalue weighted by Gasteiger charge is -2.45. The number of nitrogens with zero attached hydrogens (tertiary/aromatic N) is 1. The number of carbonyl (C=O) groups is 3. The third-order valence-electron chi connectivity index (χ3n) is 7.80. The number of benzene rings is 3. The van der Waals surface area contributed by atoms with Crippen molar-refractivity contribution in [3.8, 4) is 0 Å². The van der Waals surface area contributed by atoms with Gasteiger partial charge in [-0.25, -0.2) is 0 Å². The van der Waals surface area contributed by atoms with Gasteiger partial charge in [0.25, 0.3) is 0 Å². The van der Waals surface area contributed by atoms with E-state index in [-0.39, 0.29) is 29.6 Å². The zero-order valence-electron chi connectivity index (χ0n) is 19.7. The molecule has 0 spiro atoms. The SMILES string of the molecule is CSCC[C@@H](C(=O)Nc1ccc(Cl)cc1)N1C(=O)[C@@H]2C3c4ccccc4C(c4ccccc43)[C@@H]2C1=O. The van der Waals surface area contributed by atoms with Gasteiger partial charge in [-0.3, -0.25) is 19.3 Å². The number of halogens is 1. The average Bonchev–Trinajstić information content (AvgIpc) is 3.16. The molecule has 182 valence electrons. The Hall–Kier alpha value is -3.09. The zero-order valence-corrected chi connectivity index (χ0v) is 21.3. The van der Waals surface area contributed by atoms with E-state index < -0.39 is 17.9 Å². The highest BCUT2D eigenvalue weighted by atomic mass is 35.5. The van der Waals surface area contributed by atoms with Crippen LogP contribution in [0, 0.1) is 11.8 Å². The van der Waals surface area contributed by atoms with Gasteiger partial charge in [0.1, 0.15) is 6.04 Å². The predicted molar refractivity (Wildman–Crippen MR) is 142 cm³/mol. The molecule has 1 aliphatic heterocycles. The Bertz CT molecular complexity index is 1260. The topological polar surface area (TPSA) is 66.5 Å². The second-order valence-electron chi connectivity index (χ2n) is 9.60. The van der Waals surface area contributed by atoms with E-state index >= 15 is 0 Å². The molecule has 1 fully saturated rings. The van der Waals surface area contributed by atoms with Gasteiger partial charge in [-0.15, -0.1) is 0 Å². The van der Waals surface area contributed by atoms with Gasteiger partial charge >= 0.3 is 0 Å². The number of hydrogen-bond acceptors (Lipinski definition) is 4. The molecule has 7 rings (SSSR count). The predicted octanol–water partition coefficient (Wildman–Crippen LogP) is 5.29. The number of imide groups is 1. The third-order valence-corrected chi connectivity index (χ3v) is 8.70. The number of likely N-dealkylation sites (tertiary alicyclic amines) is 1. The molecule has 0 saturated carbocycles. The molecule has 4 aliphatic rings. The zero-order chi connectivity index (χ0) is 25.0. The van der Waals surface area contributed by atoms with E-state index in [4.69, 9.17) is 11.6 Å². The summed E-state index contributed by atoms with van der Waals surface area (Å²) >= 11 is 7.58. The molecule has 3 atom stereocenters. The van der Waals surface area contributed by atoms with Crippen LogP contribution in [0.5, 0.6) is 0 Å². The van der Waals surface area contributed by atoms with Gasteiger partial charge in [-0.2, -0.15) is 11.8 Å². The van der Waals surface area contributed by atoms with Gasteiger partial charge < -0.3 is 5.32 Å². The van der Waals surface area contributed by atoms with E-state index in [2.05, 4.69) is 29.6 Å². The lowest BCUT2D eigenvalue weighted by atomic mass is 9.55. The van der Waals surface area contributed by atoms with Gasteiger partial charge in [-0.1, -0.05) is 60.1 Å². The minimum atomic E-state index is -0.871. The lowest BCUT2D eigenvalue weighted by molar-refractivity contribution is -0.146. The van der Waals surface area contributed by atoms with E-state index in [1.165, 1.54) is 4.90 Å². The minimum Gasteiger partial charge on any atom is -0.324 e. The summed E-state index contributed by atoms with van der Waals surface area (Å²) in [4.78, 5) is 42.9. The molecule has 3 aromatic carbocycles. The van der Waals surface area contributed by atoms with Crippen LogP contribution >= 0.6 is 23.4 Å². The molecular weight excluding hydrogens is 492 g/mol. The Kier molecular flexibility index (Phi) is 5.89. The Morgan fingerprint density at radius 2 is 1.33 bits per heavy atom. The Morgan fingerprint density at radius 1 is 0.861 bits per heavy atom. The summed E-state index contributed by atoms with van der Waals surface area (Å²) in [5.41, 5.74) is 5.07. The number of thioether (sulfide) groups is 1. The Labute approximate surface area is 219 Å². The number of carbonyl (C=O) groups excluding carboxylic acids is 3. The number of amides is 3. The highest BCUT2D eigenvalue weighted by Gasteiger charge is 2.62. The second-order valence-corrected chi connectivity index (χ2v) is 11.0. The normalized spacial score (nSPS) is 24.2. The van der Waals surface area contributed by atoms with Crippen molar-refractivity contribution in [2.45, 2.75) is 24.3 Å². The molecule has 3 aromatic rings. The first-order valence-corrected chi connectivity index (χ1v) is 13.9. The van der Waals surface area contributed by atoms with Gasteiger partial charge in [0.2, 0.25) is 17.7 Å². The molecule has 0 radical (unpaired) electrons. The molecule has 1 N–H and O–H groups in total. The largest absolute Gasteiger partial charge is 0.324 e. The lowest BCUT2D eigenvalue weighted by Crippen LogP contribution is -2.48. The number of nitrogens with one attached hydrogen (secondary N) is 1. The number of hydrogen-bond donors (Lipinski definition) is 1. The third kappa shape index (κ3) is 3.50. The minimum absolute atomic E-state index is 0.186. The fourth-order valence-corrected chi connectivity index (χ4v) is 6.96. The molecule has 3 amide bonds. The smallest absolute Gasteiger partial charge is 0.247 e. The first kappa shape index (κ1) is 23.3. The molecule has 1 heterocycles. The standard InChI is InChI=1S/C29H25ClN2O3S/c1-36-15-14-22(27(33)31-17-12-10-16(30)11-13-17)32-28(34)25-23-18-6-2-3-7-19(18)24(26(25)29(32)35)21-9-5-4-8-20(21)23/h2-13,22-26H,14-15H2,1H3,(H,31,33)/t22-,23?,24?,25-,26+/m0/s1. The molecule has 5 nitrogen and oxygen atoms in total. The maximum Gasteiger partial charge on any atom is 0.247 e. The van der Waals surface area contributed by atoms with Crippen LogP contribution in [0.1, 0.15) is 40.5 Å². The van der Waals surface area contributed by atoms with Crippen LogP contribution in [0.25, 0.3) is 0 Å². The monoisotopic (exact) mass is 516 g/mol. The van der Waals surface area contributed by atoms with E-state index in [1.807, 2.05) is 30.5 Å². The van der Waals surface area contributed by atoms with Gasteiger partial charge in [0.15, 0.2) is 0 Å². The Morgan fingerprint density at radius 3 is 1.78 bits per heavy atom. The van der Waals surface area contributed by atoms with Crippen LogP contribution in [0.15, 0.2) is 72.8 Å². The van der Waals surface area contributed by atoms with Crippen LogP contribution < -0.4 is 5.32 Å². The summed E-state index contributed by atoms with van der Waals surface area (Å²) in [7, 11) is 0. The van der Waals surface area contributed by atoms with Crippen molar-refractivity contribution in [1.29, 1.82) is 0 Å². The fourth-order valence-electron chi connectivity index (χ4n) is 6.37. The molecule has 2 bridgehead atoms. The van der Waals surface area contributed by atoms with Crippen molar-refractivity contribution < 1.29 is 14.4 Å². The van der Waals surface area contributed by atoms with Crippen molar-refractivity contribution in [3.05, 3.63) is 100 Å². The van der Waals surface area contributed by atoms with E-state index in [0.29, 0.717) is 22.9 Å². The van der Waals surface area contributed by atoms with Crippen molar-refractivity contribution in [2.75, 3.05) is 17.3 Å². The average molecular weight is 517 g/mol. The molecule has 0 unspecified atom stereocenters. The summed E-state index contributed by atoms with van der Waals surface area (Å²) in [6.45, 7) is 0. The first-order chi connectivity index (χ1) is 17.5. The van der Waals surface area contributed by atoms with Gasteiger partial charge in [0, 0.05) is 22.5 Å². The van der Waals surface area contributed by atoms with Crippen molar-refractivity contribution >= 4 is 46.8 Å². The van der Waals surface area contributed by atoms with Gasteiger partial charge in [0.05, 0.1) is 11.8 Å². The molecule has 3 aliphatic carbocycles. The van der Waals surface area contributed by atoms with E-state index in [0.717, 1.165) is 22.3 Å². The molecule has 7 heteroatoms. The summed E-state index contributed by atoms with van der Waals surface area (Å²) in [6.07, 6.45) is 2.35. The van der Waals surface area contributed by atoms with Crippen LogP contribution in [0.2, 0.25) is 5.02 Å². The van der Waals surface area contributed by atoms with Crippen LogP contribution in [-0.2, 0) is 14.4 Å². The summed E-state index contributed by atoms with van der Waals surface area (Å²) in [5, 5.41) is 3.46. The van der Waals surface area contributed by atoms with E-state index in [9.17, 15) is 14.4 Å². The Balaban J connectivity index is 1.39. The highest BCUT2D eigenvalue weighted by molar-refractivity contribution is 7.98.